The van der Waals surface area contributed by atoms with Crippen molar-refractivity contribution >= 4 is 17.5 Å². The van der Waals surface area contributed by atoms with Gasteiger partial charge in [0.05, 0.1) is 0 Å². The van der Waals surface area contributed by atoms with E-state index in [0.29, 0.717) is 17.4 Å². The topological polar surface area (TPSA) is 45.2 Å². The minimum absolute atomic E-state index is 0.198. The Balaban J connectivity index is 2.53. The standard InChI is InChI=1S/C11H16ClN3O/c1-8(15(2)3)7-13-11(16)9-5-4-6-10(12)14-9/h4-6,8H,7H2,1-3H3,(H,13,16). The summed E-state index contributed by atoms with van der Waals surface area (Å²) in [5, 5.41) is 3.13. The van der Waals surface area contributed by atoms with Crippen molar-refractivity contribution in [2.24, 2.45) is 0 Å². The van der Waals surface area contributed by atoms with Gasteiger partial charge in [-0.2, -0.15) is 0 Å². The van der Waals surface area contributed by atoms with Crippen molar-refractivity contribution in [3.8, 4) is 0 Å². The lowest BCUT2D eigenvalue weighted by atomic mass is 10.3. The Kier molecular flexibility index (Phi) is 4.71. The zero-order valence-electron chi connectivity index (χ0n) is 9.70. The van der Waals surface area contributed by atoms with Crippen molar-refractivity contribution in [2.45, 2.75) is 13.0 Å². The predicted molar refractivity (Wildman–Crippen MR) is 64.7 cm³/mol. The van der Waals surface area contributed by atoms with Gasteiger partial charge in [0.15, 0.2) is 0 Å². The largest absolute Gasteiger partial charge is 0.349 e. The average molecular weight is 242 g/mol. The van der Waals surface area contributed by atoms with Gasteiger partial charge in [-0.3, -0.25) is 4.79 Å². The molecule has 0 aliphatic heterocycles. The summed E-state index contributed by atoms with van der Waals surface area (Å²) in [5.74, 6) is -0.198. The molecular weight excluding hydrogens is 226 g/mol. The summed E-state index contributed by atoms with van der Waals surface area (Å²) in [4.78, 5) is 17.6. The van der Waals surface area contributed by atoms with E-state index in [4.69, 9.17) is 11.6 Å². The van der Waals surface area contributed by atoms with E-state index in [0.717, 1.165) is 0 Å². The molecule has 1 rings (SSSR count). The molecule has 0 aliphatic rings. The molecule has 1 aromatic heterocycles. The fourth-order valence-corrected chi connectivity index (χ4v) is 1.21. The second kappa shape index (κ2) is 5.82. The van der Waals surface area contributed by atoms with E-state index < -0.39 is 0 Å². The van der Waals surface area contributed by atoms with Crippen molar-refractivity contribution in [3.63, 3.8) is 0 Å². The number of halogens is 1. The molecule has 1 heterocycles. The number of rotatable bonds is 4. The molecule has 0 aliphatic carbocycles. The van der Waals surface area contributed by atoms with Crippen molar-refractivity contribution in [1.82, 2.24) is 15.2 Å². The monoisotopic (exact) mass is 241 g/mol. The van der Waals surface area contributed by atoms with Gasteiger partial charge in [0.1, 0.15) is 10.8 Å². The van der Waals surface area contributed by atoms with Crippen LogP contribution in [0.4, 0.5) is 0 Å². The molecule has 16 heavy (non-hydrogen) atoms. The van der Waals surface area contributed by atoms with Crippen LogP contribution >= 0.6 is 11.6 Å². The van der Waals surface area contributed by atoms with Crippen LogP contribution in [0.25, 0.3) is 0 Å². The maximum absolute atomic E-state index is 11.7. The number of aromatic nitrogens is 1. The predicted octanol–water partition coefficient (Wildman–Crippen LogP) is 1.41. The van der Waals surface area contributed by atoms with E-state index in [2.05, 4.69) is 10.3 Å². The number of likely N-dealkylation sites (N-methyl/N-ethyl adjacent to an activating group) is 1. The average Bonchev–Trinajstić information content (AvgIpc) is 2.25. The molecule has 0 saturated carbocycles. The zero-order chi connectivity index (χ0) is 12.1. The van der Waals surface area contributed by atoms with Gasteiger partial charge in [0.2, 0.25) is 0 Å². The van der Waals surface area contributed by atoms with Crippen molar-refractivity contribution in [2.75, 3.05) is 20.6 Å². The van der Waals surface area contributed by atoms with Crippen molar-refractivity contribution in [1.29, 1.82) is 0 Å². The Bertz CT molecular complexity index is 368. The van der Waals surface area contributed by atoms with Crippen LogP contribution in [-0.2, 0) is 0 Å². The van der Waals surface area contributed by atoms with E-state index in [9.17, 15) is 4.79 Å². The Morgan fingerprint density at radius 3 is 2.81 bits per heavy atom. The van der Waals surface area contributed by atoms with E-state index in [1.54, 1.807) is 18.2 Å². The number of carbonyl (C=O) groups excluding carboxylic acids is 1. The molecule has 1 N–H and O–H groups in total. The van der Waals surface area contributed by atoms with Crippen LogP contribution in [0.3, 0.4) is 0 Å². The van der Waals surface area contributed by atoms with Gasteiger partial charge >= 0.3 is 0 Å². The lowest BCUT2D eigenvalue weighted by Crippen LogP contribution is -2.38. The van der Waals surface area contributed by atoms with E-state index in [1.165, 1.54) is 0 Å². The normalized spacial score (nSPS) is 12.6. The third kappa shape index (κ3) is 3.79. The molecule has 0 fully saturated rings. The van der Waals surface area contributed by atoms with Crippen LogP contribution < -0.4 is 5.32 Å². The first-order chi connectivity index (χ1) is 7.50. The first-order valence-corrected chi connectivity index (χ1v) is 5.45. The van der Waals surface area contributed by atoms with Gasteiger partial charge in [-0.1, -0.05) is 17.7 Å². The molecule has 5 heteroatoms. The highest BCUT2D eigenvalue weighted by atomic mass is 35.5. The SMILES string of the molecule is CC(CNC(=O)c1cccc(Cl)n1)N(C)C. The van der Waals surface area contributed by atoms with Gasteiger partial charge < -0.3 is 10.2 Å². The number of nitrogens with zero attached hydrogens (tertiary/aromatic N) is 2. The molecule has 1 aromatic rings. The summed E-state index contributed by atoms with van der Waals surface area (Å²) in [7, 11) is 3.93. The van der Waals surface area contributed by atoms with Crippen LogP contribution in [-0.4, -0.2) is 42.5 Å². The molecule has 1 atom stereocenters. The maximum atomic E-state index is 11.7. The lowest BCUT2D eigenvalue weighted by molar-refractivity contribution is 0.0938. The molecule has 1 amide bonds. The van der Waals surface area contributed by atoms with Gasteiger partial charge in [0.25, 0.3) is 5.91 Å². The van der Waals surface area contributed by atoms with Crippen LogP contribution in [0.1, 0.15) is 17.4 Å². The lowest BCUT2D eigenvalue weighted by Gasteiger charge is -2.19. The number of pyridine rings is 1. The molecular formula is C11H16ClN3O. The molecule has 0 radical (unpaired) electrons. The smallest absolute Gasteiger partial charge is 0.269 e. The Hall–Kier alpha value is -1.13. The number of carbonyl (C=O) groups is 1. The summed E-state index contributed by atoms with van der Waals surface area (Å²) >= 11 is 5.70. The highest BCUT2D eigenvalue weighted by Gasteiger charge is 2.10. The third-order valence-electron chi connectivity index (χ3n) is 2.39. The fraction of sp³-hybridized carbons (Fsp3) is 0.455. The minimum Gasteiger partial charge on any atom is -0.349 e. The summed E-state index contributed by atoms with van der Waals surface area (Å²) in [6.07, 6.45) is 0. The minimum atomic E-state index is -0.198. The maximum Gasteiger partial charge on any atom is 0.269 e. The van der Waals surface area contributed by atoms with Crippen LogP contribution in [0, 0.1) is 0 Å². The van der Waals surface area contributed by atoms with Gasteiger partial charge in [-0.25, -0.2) is 4.98 Å². The quantitative estimate of drug-likeness (QED) is 0.811. The molecule has 0 saturated heterocycles. The van der Waals surface area contributed by atoms with Gasteiger partial charge in [-0.05, 0) is 33.2 Å². The van der Waals surface area contributed by atoms with Crippen LogP contribution in [0.5, 0.6) is 0 Å². The molecule has 0 aromatic carbocycles. The van der Waals surface area contributed by atoms with E-state index in [-0.39, 0.29) is 11.9 Å². The number of hydrogen-bond acceptors (Lipinski definition) is 3. The van der Waals surface area contributed by atoms with Gasteiger partial charge in [-0.15, -0.1) is 0 Å². The Labute approximate surface area is 101 Å². The summed E-state index contributed by atoms with van der Waals surface area (Å²) < 4.78 is 0. The summed E-state index contributed by atoms with van der Waals surface area (Å²) in [6, 6.07) is 5.27. The number of nitrogens with one attached hydrogen (secondary N) is 1. The van der Waals surface area contributed by atoms with Crippen LogP contribution in [0.15, 0.2) is 18.2 Å². The zero-order valence-corrected chi connectivity index (χ0v) is 10.5. The van der Waals surface area contributed by atoms with Crippen molar-refractivity contribution in [3.05, 3.63) is 29.0 Å². The second-order valence-corrected chi connectivity index (χ2v) is 4.26. The molecule has 4 nitrogen and oxygen atoms in total. The van der Waals surface area contributed by atoms with Crippen LogP contribution in [0.2, 0.25) is 5.15 Å². The second-order valence-electron chi connectivity index (χ2n) is 3.87. The highest BCUT2D eigenvalue weighted by molar-refractivity contribution is 6.29. The van der Waals surface area contributed by atoms with E-state index >= 15 is 0 Å². The first kappa shape index (κ1) is 12.9. The summed E-state index contributed by atoms with van der Waals surface area (Å²) in [5.41, 5.74) is 0.346. The van der Waals surface area contributed by atoms with Crippen molar-refractivity contribution < 1.29 is 4.79 Å². The Morgan fingerprint density at radius 2 is 2.25 bits per heavy atom. The fourth-order valence-electron chi connectivity index (χ4n) is 1.05. The highest BCUT2D eigenvalue weighted by Crippen LogP contribution is 2.04. The van der Waals surface area contributed by atoms with E-state index in [1.807, 2.05) is 25.9 Å². The third-order valence-corrected chi connectivity index (χ3v) is 2.60. The molecule has 0 bridgehead atoms. The molecule has 1 unspecified atom stereocenters. The molecule has 0 spiro atoms. The summed E-state index contributed by atoms with van der Waals surface area (Å²) in [6.45, 7) is 2.62. The number of hydrogen-bond donors (Lipinski definition) is 1. The first-order valence-electron chi connectivity index (χ1n) is 5.08. The van der Waals surface area contributed by atoms with Gasteiger partial charge in [0, 0.05) is 12.6 Å². The number of amides is 1. The molecule has 88 valence electrons. The Morgan fingerprint density at radius 1 is 1.56 bits per heavy atom.